The van der Waals surface area contributed by atoms with Crippen LogP contribution >= 0.6 is 0 Å². The Labute approximate surface area is 104 Å². The standard InChI is InChI=1S/C13H14F3NO/c1-4-9-5-6-11(13(14,15)16)10(7-9)12(18)17-8(2)3/h4-8H,1H2,2-3H3,(H,17,18). The van der Waals surface area contributed by atoms with Gasteiger partial charge in [-0.15, -0.1) is 0 Å². The summed E-state index contributed by atoms with van der Waals surface area (Å²) >= 11 is 0. The zero-order valence-electron chi connectivity index (χ0n) is 10.1. The first-order valence-electron chi connectivity index (χ1n) is 5.40. The predicted molar refractivity (Wildman–Crippen MR) is 64.1 cm³/mol. The van der Waals surface area contributed by atoms with E-state index < -0.39 is 17.6 Å². The maximum absolute atomic E-state index is 12.8. The average Bonchev–Trinajstić information content (AvgIpc) is 2.26. The molecule has 1 N–H and O–H groups in total. The van der Waals surface area contributed by atoms with Crippen molar-refractivity contribution in [2.75, 3.05) is 0 Å². The van der Waals surface area contributed by atoms with Gasteiger partial charge in [-0.2, -0.15) is 13.2 Å². The van der Waals surface area contributed by atoms with Crippen molar-refractivity contribution in [3.63, 3.8) is 0 Å². The molecule has 18 heavy (non-hydrogen) atoms. The minimum atomic E-state index is -4.55. The van der Waals surface area contributed by atoms with Crippen molar-refractivity contribution < 1.29 is 18.0 Å². The molecule has 0 bridgehead atoms. The second kappa shape index (κ2) is 5.25. The normalized spacial score (nSPS) is 11.4. The van der Waals surface area contributed by atoms with E-state index in [1.165, 1.54) is 18.2 Å². The number of carbonyl (C=O) groups excluding carboxylic acids is 1. The third-order valence-electron chi connectivity index (χ3n) is 2.25. The molecule has 0 saturated carbocycles. The molecule has 1 aromatic rings. The molecule has 0 atom stereocenters. The third-order valence-corrected chi connectivity index (χ3v) is 2.25. The second-order valence-corrected chi connectivity index (χ2v) is 4.14. The number of hydrogen-bond donors (Lipinski definition) is 1. The Hall–Kier alpha value is -1.78. The van der Waals surface area contributed by atoms with Crippen molar-refractivity contribution in [3.8, 4) is 0 Å². The molecule has 0 spiro atoms. The van der Waals surface area contributed by atoms with Crippen LogP contribution in [-0.2, 0) is 6.18 Å². The number of nitrogens with one attached hydrogen (secondary N) is 1. The predicted octanol–water partition coefficient (Wildman–Crippen LogP) is 3.49. The molecule has 0 aliphatic heterocycles. The van der Waals surface area contributed by atoms with Gasteiger partial charge < -0.3 is 5.32 Å². The van der Waals surface area contributed by atoms with Gasteiger partial charge in [-0.3, -0.25) is 4.79 Å². The van der Waals surface area contributed by atoms with Gasteiger partial charge >= 0.3 is 6.18 Å². The van der Waals surface area contributed by atoms with E-state index in [4.69, 9.17) is 0 Å². The second-order valence-electron chi connectivity index (χ2n) is 4.14. The monoisotopic (exact) mass is 257 g/mol. The Morgan fingerprint density at radius 2 is 2.00 bits per heavy atom. The average molecular weight is 257 g/mol. The lowest BCUT2D eigenvalue weighted by Gasteiger charge is -2.15. The van der Waals surface area contributed by atoms with Crippen LogP contribution in [0.3, 0.4) is 0 Å². The van der Waals surface area contributed by atoms with E-state index in [0.717, 1.165) is 6.07 Å². The summed E-state index contributed by atoms with van der Waals surface area (Å²) in [6.07, 6.45) is -3.16. The summed E-state index contributed by atoms with van der Waals surface area (Å²) in [6.45, 7) is 6.84. The van der Waals surface area contributed by atoms with Crippen LogP contribution in [0, 0.1) is 0 Å². The first-order valence-corrected chi connectivity index (χ1v) is 5.40. The van der Waals surface area contributed by atoms with Crippen molar-refractivity contribution in [1.82, 2.24) is 5.32 Å². The van der Waals surface area contributed by atoms with Crippen molar-refractivity contribution >= 4 is 12.0 Å². The lowest BCUT2D eigenvalue weighted by molar-refractivity contribution is -0.137. The Morgan fingerprint density at radius 1 is 1.39 bits per heavy atom. The zero-order chi connectivity index (χ0) is 13.9. The molecule has 0 fully saturated rings. The molecular weight excluding hydrogens is 243 g/mol. The van der Waals surface area contributed by atoms with Gasteiger partial charge in [0.2, 0.25) is 0 Å². The Morgan fingerprint density at radius 3 is 2.44 bits per heavy atom. The SMILES string of the molecule is C=Cc1ccc(C(F)(F)F)c(C(=O)NC(C)C)c1. The lowest BCUT2D eigenvalue weighted by Crippen LogP contribution is -2.31. The van der Waals surface area contributed by atoms with Crippen LogP contribution < -0.4 is 5.32 Å². The van der Waals surface area contributed by atoms with E-state index >= 15 is 0 Å². The quantitative estimate of drug-likeness (QED) is 0.882. The number of hydrogen-bond acceptors (Lipinski definition) is 1. The summed E-state index contributed by atoms with van der Waals surface area (Å²) in [7, 11) is 0. The van der Waals surface area contributed by atoms with Gasteiger partial charge in [0.05, 0.1) is 11.1 Å². The van der Waals surface area contributed by atoms with E-state index in [1.807, 2.05) is 0 Å². The van der Waals surface area contributed by atoms with Crippen LogP contribution in [0.1, 0.15) is 35.3 Å². The molecule has 0 aliphatic rings. The Kier molecular flexibility index (Phi) is 4.16. The van der Waals surface area contributed by atoms with Crippen LogP contribution in [-0.4, -0.2) is 11.9 Å². The van der Waals surface area contributed by atoms with E-state index in [9.17, 15) is 18.0 Å². The number of carbonyl (C=O) groups is 1. The molecule has 0 aliphatic carbocycles. The van der Waals surface area contributed by atoms with E-state index in [-0.39, 0.29) is 11.6 Å². The van der Waals surface area contributed by atoms with Crippen molar-refractivity contribution in [1.29, 1.82) is 0 Å². The fourth-order valence-electron chi connectivity index (χ4n) is 1.46. The smallest absolute Gasteiger partial charge is 0.350 e. The van der Waals surface area contributed by atoms with Gasteiger partial charge in [0.25, 0.3) is 5.91 Å². The van der Waals surface area contributed by atoms with Gasteiger partial charge in [-0.1, -0.05) is 18.7 Å². The highest BCUT2D eigenvalue weighted by molar-refractivity contribution is 5.96. The van der Waals surface area contributed by atoms with Gasteiger partial charge in [0, 0.05) is 6.04 Å². The number of rotatable bonds is 3. The molecule has 1 amide bonds. The molecule has 98 valence electrons. The minimum absolute atomic E-state index is 0.231. The van der Waals surface area contributed by atoms with Crippen LogP contribution in [0.4, 0.5) is 13.2 Å². The highest BCUT2D eigenvalue weighted by atomic mass is 19.4. The molecule has 5 heteroatoms. The van der Waals surface area contributed by atoms with Gasteiger partial charge in [-0.25, -0.2) is 0 Å². The molecule has 0 radical (unpaired) electrons. The van der Waals surface area contributed by atoms with Crippen molar-refractivity contribution in [2.45, 2.75) is 26.1 Å². The van der Waals surface area contributed by atoms with Gasteiger partial charge in [0.1, 0.15) is 0 Å². The summed E-state index contributed by atoms with van der Waals surface area (Å²) in [4.78, 5) is 11.7. The maximum Gasteiger partial charge on any atom is 0.417 e. The number of halogens is 3. The zero-order valence-corrected chi connectivity index (χ0v) is 10.1. The molecule has 0 aromatic heterocycles. The topological polar surface area (TPSA) is 29.1 Å². The molecule has 1 rings (SSSR count). The Bertz CT molecular complexity index is 464. The van der Waals surface area contributed by atoms with Crippen LogP contribution in [0.5, 0.6) is 0 Å². The van der Waals surface area contributed by atoms with Crippen LogP contribution in [0.25, 0.3) is 6.08 Å². The molecule has 0 unspecified atom stereocenters. The van der Waals surface area contributed by atoms with E-state index in [2.05, 4.69) is 11.9 Å². The van der Waals surface area contributed by atoms with Crippen LogP contribution in [0.15, 0.2) is 24.8 Å². The van der Waals surface area contributed by atoms with Crippen molar-refractivity contribution in [2.24, 2.45) is 0 Å². The first kappa shape index (κ1) is 14.3. The summed E-state index contributed by atoms with van der Waals surface area (Å²) in [6, 6.07) is 3.13. The fourth-order valence-corrected chi connectivity index (χ4v) is 1.46. The molecular formula is C13H14F3NO. The van der Waals surface area contributed by atoms with E-state index in [0.29, 0.717) is 5.56 Å². The third kappa shape index (κ3) is 3.35. The Balaban J connectivity index is 3.28. The maximum atomic E-state index is 12.8. The van der Waals surface area contributed by atoms with Crippen molar-refractivity contribution in [3.05, 3.63) is 41.5 Å². The number of alkyl halides is 3. The number of benzene rings is 1. The summed E-state index contributed by atoms with van der Waals surface area (Å²) in [5.74, 6) is -0.735. The minimum Gasteiger partial charge on any atom is -0.350 e. The molecule has 1 aromatic carbocycles. The summed E-state index contributed by atoms with van der Waals surface area (Å²) in [5, 5.41) is 2.45. The lowest BCUT2D eigenvalue weighted by atomic mass is 10.0. The fraction of sp³-hybridized carbons (Fsp3) is 0.308. The van der Waals surface area contributed by atoms with Crippen LogP contribution in [0.2, 0.25) is 0 Å². The summed E-state index contributed by atoms with van der Waals surface area (Å²) in [5.41, 5.74) is -0.850. The van der Waals surface area contributed by atoms with Gasteiger partial charge in [-0.05, 0) is 31.5 Å². The highest BCUT2D eigenvalue weighted by Gasteiger charge is 2.35. The molecule has 2 nitrogen and oxygen atoms in total. The summed E-state index contributed by atoms with van der Waals surface area (Å²) < 4.78 is 38.3. The largest absolute Gasteiger partial charge is 0.417 e. The number of amides is 1. The molecule has 0 heterocycles. The van der Waals surface area contributed by atoms with Gasteiger partial charge in [0.15, 0.2) is 0 Å². The highest BCUT2D eigenvalue weighted by Crippen LogP contribution is 2.32. The first-order chi connectivity index (χ1) is 8.25. The molecule has 0 saturated heterocycles. The van der Waals surface area contributed by atoms with E-state index in [1.54, 1.807) is 13.8 Å².